The smallest absolute Gasteiger partial charge is 0.404 e. The van der Waals surface area contributed by atoms with Crippen LogP contribution in [0.1, 0.15) is 11.1 Å². The third-order valence-corrected chi connectivity index (χ3v) is 5.46. The molecule has 1 aliphatic heterocycles. The molecule has 0 radical (unpaired) electrons. The zero-order valence-electron chi connectivity index (χ0n) is 18.0. The third-order valence-electron chi connectivity index (χ3n) is 5.46. The van der Waals surface area contributed by atoms with Gasteiger partial charge in [0.15, 0.2) is 11.5 Å². The first-order valence-corrected chi connectivity index (χ1v) is 10.2. The number of nitrogens with one attached hydrogen (secondary N) is 1. The van der Waals surface area contributed by atoms with Gasteiger partial charge in [0, 0.05) is 5.56 Å². The zero-order valence-corrected chi connectivity index (χ0v) is 18.0. The fourth-order valence-corrected chi connectivity index (χ4v) is 3.77. The van der Waals surface area contributed by atoms with E-state index in [1.165, 1.54) is 7.11 Å². The summed E-state index contributed by atoms with van der Waals surface area (Å²) in [5.41, 5.74) is 3.65. The van der Waals surface area contributed by atoms with Gasteiger partial charge >= 0.3 is 6.09 Å². The Labute approximate surface area is 189 Å². The van der Waals surface area contributed by atoms with E-state index in [0.29, 0.717) is 22.6 Å². The Hall–Kier alpha value is -4.25. The highest BCUT2D eigenvalue weighted by Gasteiger charge is 2.21. The van der Waals surface area contributed by atoms with Crippen molar-refractivity contribution in [3.8, 4) is 45.6 Å². The van der Waals surface area contributed by atoms with E-state index < -0.39 is 18.0 Å². The van der Waals surface area contributed by atoms with Crippen molar-refractivity contribution < 1.29 is 28.5 Å². The highest BCUT2D eigenvalue weighted by molar-refractivity contribution is 5.77. The van der Waals surface area contributed by atoms with Crippen LogP contribution in [-0.2, 0) is 6.54 Å². The molecule has 1 heterocycles. The molecule has 3 aromatic carbocycles. The van der Waals surface area contributed by atoms with Crippen LogP contribution in [0.15, 0.2) is 48.5 Å². The fraction of sp³-hybridized carbons (Fsp3) is 0.200. The fourth-order valence-electron chi connectivity index (χ4n) is 3.77. The molecule has 1 unspecified atom stereocenters. The summed E-state index contributed by atoms with van der Waals surface area (Å²) in [6.07, 6.45) is -1.90. The molecule has 2 N–H and O–H groups in total. The quantitative estimate of drug-likeness (QED) is 0.575. The highest BCUT2D eigenvalue weighted by atomic mass is 19.1. The van der Waals surface area contributed by atoms with Crippen molar-refractivity contribution in [3.63, 3.8) is 0 Å². The molecule has 0 aliphatic carbocycles. The Balaban J connectivity index is 1.72. The molecule has 1 atom stereocenters. The van der Waals surface area contributed by atoms with Crippen molar-refractivity contribution in [2.45, 2.75) is 19.6 Å². The first-order chi connectivity index (χ1) is 15.9. The van der Waals surface area contributed by atoms with Crippen molar-refractivity contribution in [3.05, 3.63) is 65.5 Å². The molecule has 0 saturated heterocycles. The van der Waals surface area contributed by atoms with Crippen LogP contribution in [0.3, 0.4) is 0 Å². The van der Waals surface area contributed by atoms with Gasteiger partial charge < -0.3 is 24.6 Å². The van der Waals surface area contributed by atoms with Gasteiger partial charge in [-0.2, -0.15) is 5.26 Å². The van der Waals surface area contributed by atoms with Crippen LogP contribution in [0.5, 0.6) is 17.2 Å². The van der Waals surface area contributed by atoms with Gasteiger partial charge in [-0.15, -0.1) is 0 Å². The number of nitrogens with zero attached hydrogens (tertiary/aromatic N) is 1. The number of ether oxygens (including phenoxy) is 3. The van der Waals surface area contributed by atoms with Crippen LogP contribution in [0.25, 0.3) is 22.3 Å². The molecule has 8 heteroatoms. The molecule has 0 aromatic heterocycles. The summed E-state index contributed by atoms with van der Waals surface area (Å²) >= 11 is 0. The van der Waals surface area contributed by atoms with Gasteiger partial charge in [-0.3, -0.25) is 0 Å². The van der Waals surface area contributed by atoms with Crippen LogP contribution in [0, 0.1) is 24.1 Å². The van der Waals surface area contributed by atoms with Crippen LogP contribution in [0.4, 0.5) is 9.18 Å². The second kappa shape index (κ2) is 9.09. The predicted octanol–water partition coefficient (Wildman–Crippen LogP) is 4.91. The molecule has 1 amide bonds. The van der Waals surface area contributed by atoms with Crippen molar-refractivity contribution in [2.75, 3.05) is 13.7 Å². The normalized spacial score (nSPS) is 14.3. The van der Waals surface area contributed by atoms with Gasteiger partial charge in [-0.1, -0.05) is 24.3 Å². The van der Waals surface area contributed by atoms with Gasteiger partial charge in [-0.05, 0) is 59.0 Å². The average Bonchev–Trinajstić information content (AvgIpc) is 2.84. The lowest BCUT2D eigenvalue weighted by Crippen LogP contribution is -2.27. The second-order valence-electron chi connectivity index (χ2n) is 7.49. The van der Waals surface area contributed by atoms with Crippen molar-refractivity contribution in [2.24, 2.45) is 0 Å². The lowest BCUT2D eigenvalue weighted by Gasteiger charge is -2.22. The maximum absolute atomic E-state index is 15.2. The van der Waals surface area contributed by atoms with Crippen LogP contribution in [0.2, 0.25) is 0 Å². The van der Waals surface area contributed by atoms with Gasteiger partial charge in [0.05, 0.1) is 13.7 Å². The summed E-state index contributed by atoms with van der Waals surface area (Å²) in [5.74, 6) is 0.809. The van der Waals surface area contributed by atoms with Crippen LogP contribution >= 0.6 is 0 Å². The van der Waals surface area contributed by atoms with E-state index in [2.05, 4.69) is 5.32 Å². The molecular formula is C25H21FN2O5. The lowest BCUT2D eigenvalue weighted by atomic mass is 9.94. The first-order valence-electron chi connectivity index (χ1n) is 10.2. The molecule has 0 bridgehead atoms. The van der Waals surface area contributed by atoms with E-state index in [1.54, 1.807) is 19.1 Å². The largest absolute Gasteiger partial charge is 0.496 e. The maximum Gasteiger partial charge on any atom is 0.404 e. The number of carboxylic acid groups (broad SMARTS) is 1. The molecule has 4 rings (SSSR count). The number of hydrogen-bond donors (Lipinski definition) is 2. The van der Waals surface area contributed by atoms with E-state index in [0.717, 1.165) is 16.7 Å². The van der Waals surface area contributed by atoms with Crippen molar-refractivity contribution in [1.82, 2.24) is 5.32 Å². The monoisotopic (exact) mass is 448 g/mol. The molecule has 7 nitrogen and oxygen atoms in total. The van der Waals surface area contributed by atoms with Crippen LogP contribution < -0.4 is 19.5 Å². The average molecular weight is 448 g/mol. The number of rotatable bonds is 5. The Kier molecular flexibility index (Phi) is 6.05. The van der Waals surface area contributed by atoms with E-state index in [9.17, 15) is 4.79 Å². The van der Waals surface area contributed by atoms with E-state index >= 15 is 4.39 Å². The Morgan fingerprint density at radius 2 is 1.97 bits per heavy atom. The van der Waals surface area contributed by atoms with E-state index in [-0.39, 0.29) is 24.5 Å². The highest BCUT2D eigenvalue weighted by Crippen LogP contribution is 2.38. The van der Waals surface area contributed by atoms with Gasteiger partial charge in [0.1, 0.15) is 24.2 Å². The minimum Gasteiger partial charge on any atom is -0.496 e. The minimum atomic E-state index is -1.24. The molecule has 0 saturated carbocycles. The second-order valence-corrected chi connectivity index (χ2v) is 7.49. The number of halogens is 1. The number of hydrogen-bond acceptors (Lipinski definition) is 5. The predicted molar refractivity (Wildman–Crippen MR) is 119 cm³/mol. The summed E-state index contributed by atoms with van der Waals surface area (Å²) < 4.78 is 31.7. The molecule has 1 aliphatic rings. The van der Waals surface area contributed by atoms with Gasteiger partial charge in [0.2, 0.25) is 6.10 Å². The van der Waals surface area contributed by atoms with E-state index in [1.807, 2.05) is 42.5 Å². The van der Waals surface area contributed by atoms with Gasteiger partial charge in [-0.25, -0.2) is 9.18 Å². The summed E-state index contributed by atoms with van der Waals surface area (Å²) in [7, 11) is 1.41. The number of fused-ring (bicyclic) bond motifs is 1. The molecule has 33 heavy (non-hydrogen) atoms. The summed E-state index contributed by atoms with van der Waals surface area (Å²) in [6, 6.07) is 16.8. The molecule has 0 fully saturated rings. The molecule has 0 spiro atoms. The van der Waals surface area contributed by atoms with Crippen molar-refractivity contribution >= 4 is 6.09 Å². The summed E-state index contributed by atoms with van der Waals surface area (Å²) in [6.45, 7) is 1.63. The SMILES string of the molecule is COc1cc(-c2cccc(-c3ccc4c(c3)OC(C#N)CO4)c2)c(C)c(F)c1CNC(=O)O. The number of nitriles is 1. The molecule has 3 aromatic rings. The number of carbonyl (C=O) groups is 1. The topological polar surface area (TPSA) is 101 Å². The van der Waals surface area contributed by atoms with Crippen LogP contribution in [-0.4, -0.2) is 31.0 Å². The van der Waals surface area contributed by atoms with Crippen molar-refractivity contribution in [1.29, 1.82) is 5.26 Å². The lowest BCUT2D eigenvalue weighted by molar-refractivity contribution is 0.127. The standard InChI is InChI=1S/C25H21FN2O5/c1-14-19(10-22(31-2)20(24(14)26)12-28-25(29)30)17-5-3-4-15(8-17)16-6-7-21-23(9-16)33-18(11-27)13-32-21/h3-10,18,28H,12-13H2,1-2H3,(H,29,30). The summed E-state index contributed by atoms with van der Waals surface area (Å²) in [4.78, 5) is 10.8. The number of amides is 1. The molecular weight excluding hydrogens is 427 g/mol. The zero-order chi connectivity index (χ0) is 23.5. The van der Waals surface area contributed by atoms with Gasteiger partial charge in [0.25, 0.3) is 0 Å². The minimum absolute atomic E-state index is 0.149. The number of benzene rings is 3. The Morgan fingerprint density at radius 3 is 2.70 bits per heavy atom. The van der Waals surface area contributed by atoms with E-state index in [4.69, 9.17) is 24.6 Å². The first kappa shape index (κ1) is 22.0. The Bertz CT molecular complexity index is 1270. The number of methoxy groups -OCH3 is 1. The summed E-state index contributed by atoms with van der Waals surface area (Å²) in [5, 5.41) is 20.2. The Morgan fingerprint density at radius 1 is 1.21 bits per heavy atom. The maximum atomic E-state index is 15.2. The molecule has 168 valence electrons. The third kappa shape index (κ3) is 4.39.